The van der Waals surface area contributed by atoms with E-state index in [1.807, 2.05) is 30.3 Å². The molecule has 2 aromatic carbocycles. The molecule has 1 unspecified atom stereocenters. The molecule has 0 saturated carbocycles. The Morgan fingerprint density at radius 3 is 2.57 bits per heavy atom. The van der Waals surface area contributed by atoms with Crippen LogP contribution in [0.15, 0.2) is 48.5 Å². The van der Waals surface area contributed by atoms with Crippen LogP contribution in [0.5, 0.6) is 0 Å². The Hall–Kier alpha value is -1.75. The third kappa shape index (κ3) is 2.35. The summed E-state index contributed by atoms with van der Waals surface area (Å²) in [6.45, 7) is 0. The maximum Gasteiger partial charge on any atom is 0.317 e. The number of fused-ring (bicyclic) bond motifs is 1. The van der Waals surface area contributed by atoms with Crippen LogP contribution in [0.4, 0.5) is 5.69 Å². The molecule has 0 bridgehead atoms. The Labute approximate surface area is 132 Å². The van der Waals surface area contributed by atoms with Crippen LogP contribution in [0.25, 0.3) is 0 Å². The molecule has 1 aliphatic heterocycles. The number of alkyl halides is 1. The molecule has 0 aromatic heterocycles. The second kappa shape index (κ2) is 5.22. The van der Waals surface area contributed by atoms with Gasteiger partial charge in [0.15, 0.2) is 0 Å². The lowest BCUT2D eigenvalue weighted by atomic mass is 9.98. The SMILES string of the molecule is NC1(CCl)Nc2ccc(Cl)cc2C(c2ccccc2)=[N+]1[O-]. The average Bonchev–Trinajstić information content (AvgIpc) is 2.50. The molecule has 3 rings (SSSR count). The normalized spacial score (nSPS) is 20.9. The number of nitrogens with one attached hydrogen (secondary N) is 1. The van der Waals surface area contributed by atoms with Crippen molar-refractivity contribution in [3.63, 3.8) is 0 Å². The maximum absolute atomic E-state index is 12.7. The smallest absolute Gasteiger partial charge is 0.317 e. The number of hydrogen-bond donors (Lipinski definition) is 2. The Kier molecular flexibility index (Phi) is 3.53. The monoisotopic (exact) mass is 321 g/mol. The summed E-state index contributed by atoms with van der Waals surface area (Å²) in [7, 11) is 0. The Morgan fingerprint density at radius 1 is 1.19 bits per heavy atom. The van der Waals surface area contributed by atoms with E-state index in [0.717, 1.165) is 11.3 Å². The highest BCUT2D eigenvalue weighted by atomic mass is 35.5. The molecular weight excluding hydrogens is 309 g/mol. The van der Waals surface area contributed by atoms with E-state index < -0.39 is 5.79 Å². The van der Waals surface area contributed by atoms with E-state index in [2.05, 4.69) is 5.32 Å². The van der Waals surface area contributed by atoms with Crippen LogP contribution < -0.4 is 11.1 Å². The van der Waals surface area contributed by atoms with Gasteiger partial charge in [-0.05, 0) is 30.3 Å². The van der Waals surface area contributed by atoms with Crippen molar-refractivity contribution in [2.24, 2.45) is 5.73 Å². The molecule has 3 N–H and O–H groups in total. The number of nitrogens with two attached hydrogens (primary N) is 1. The second-order valence-electron chi connectivity index (χ2n) is 4.88. The van der Waals surface area contributed by atoms with Crippen molar-refractivity contribution >= 4 is 34.6 Å². The summed E-state index contributed by atoms with van der Waals surface area (Å²) >= 11 is 12.0. The van der Waals surface area contributed by atoms with Gasteiger partial charge in [0, 0.05) is 10.6 Å². The average molecular weight is 322 g/mol. The number of halogens is 2. The lowest BCUT2D eigenvalue weighted by Gasteiger charge is -2.34. The van der Waals surface area contributed by atoms with Crippen molar-refractivity contribution in [1.82, 2.24) is 0 Å². The minimum absolute atomic E-state index is 0.0606. The molecule has 108 valence electrons. The van der Waals surface area contributed by atoms with Crippen LogP contribution in [0.3, 0.4) is 0 Å². The van der Waals surface area contributed by atoms with E-state index in [9.17, 15) is 5.21 Å². The molecule has 21 heavy (non-hydrogen) atoms. The van der Waals surface area contributed by atoms with E-state index in [1.54, 1.807) is 18.2 Å². The van der Waals surface area contributed by atoms with Crippen molar-refractivity contribution in [1.29, 1.82) is 0 Å². The highest BCUT2D eigenvalue weighted by Gasteiger charge is 2.41. The number of anilines is 1. The molecule has 6 heteroatoms. The largest absolute Gasteiger partial charge is 0.621 e. The van der Waals surface area contributed by atoms with Crippen molar-refractivity contribution in [3.05, 3.63) is 69.9 Å². The van der Waals surface area contributed by atoms with Gasteiger partial charge in [-0.15, -0.1) is 11.6 Å². The first-order chi connectivity index (χ1) is 10.0. The minimum atomic E-state index is -1.40. The van der Waals surface area contributed by atoms with Crippen molar-refractivity contribution in [2.45, 2.75) is 5.79 Å². The summed E-state index contributed by atoms with van der Waals surface area (Å²) in [5.41, 5.74) is 8.75. The summed E-state index contributed by atoms with van der Waals surface area (Å²) in [6, 6.07) is 14.6. The topological polar surface area (TPSA) is 64.1 Å². The van der Waals surface area contributed by atoms with Crippen LogP contribution >= 0.6 is 23.2 Å². The molecule has 1 atom stereocenters. The van der Waals surface area contributed by atoms with Gasteiger partial charge in [-0.25, -0.2) is 5.73 Å². The van der Waals surface area contributed by atoms with Crippen LogP contribution in [0.2, 0.25) is 5.02 Å². The van der Waals surface area contributed by atoms with Gasteiger partial charge in [-0.2, -0.15) is 4.74 Å². The summed E-state index contributed by atoms with van der Waals surface area (Å²) in [5, 5.41) is 16.2. The molecule has 0 aliphatic carbocycles. The first-order valence-electron chi connectivity index (χ1n) is 6.38. The highest BCUT2D eigenvalue weighted by Crippen LogP contribution is 2.30. The van der Waals surface area contributed by atoms with Gasteiger partial charge in [0.1, 0.15) is 5.88 Å². The van der Waals surface area contributed by atoms with Crippen LogP contribution in [-0.2, 0) is 0 Å². The molecule has 0 radical (unpaired) electrons. The molecular formula is C15H13Cl2N3O. The first-order valence-corrected chi connectivity index (χ1v) is 7.29. The summed E-state index contributed by atoms with van der Waals surface area (Å²) in [4.78, 5) is 0. The Bertz CT molecular complexity index is 718. The molecule has 2 aromatic rings. The molecule has 0 fully saturated rings. The van der Waals surface area contributed by atoms with Gasteiger partial charge in [0.2, 0.25) is 5.71 Å². The van der Waals surface area contributed by atoms with E-state index in [-0.39, 0.29) is 5.88 Å². The van der Waals surface area contributed by atoms with Gasteiger partial charge in [0.25, 0.3) is 0 Å². The van der Waals surface area contributed by atoms with E-state index in [0.29, 0.717) is 21.0 Å². The zero-order chi connectivity index (χ0) is 15.0. The second-order valence-corrected chi connectivity index (χ2v) is 5.59. The lowest BCUT2D eigenvalue weighted by Crippen LogP contribution is -2.61. The summed E-state index contributed by atoms with van der Waals surface area (Å²) in [6.07, 6.45) is 0. The van der Waals surface area contributed by atoms with Crippen molar-refractivity contribution in [3.8, 4) is 0 Å². The molecule has 0 amide bonds. The predicted molar refractivity (Wildman–Crippen MR) is 86.0 cm³/mol. The number of rotatable bonds is 2. The zero-order valence-electron chi connectivity index (χ0n) is 11.0. The quantitative estimate of drug-likeness (QED) is 0.507. The van der Waals surface area contributed by atoms with E-state index in [4.69, 9.17) is 28.9 Å². The van der Waals surface area contributed by atoms with Gasteiger partial charge in [-0.1, -0.05) is 29.8 Å². The third-order valence-electron chi connectivity index (χ3n) is 3.40. The number of benzene rings is 2. The molecule has 0 spiro atoms. The van der Waals surface area contributed by atoms with Gasteiger partial charge in [-0.3, -0.25) is 0 Å². The number of hydroxylamine groups is 1. The Balaban J connectivity index is 2.30. The predicted octanol–water partition coefficient (Wildman–Crippen LogP) is 2.96. The fraction of sp³-hybridized carbons (Fsp3) is 0.133. The standard InChI is InChI=1S/C15H13Cl2N3O/c16-9-15(18)19-13-7-6-11(17)8-12(13)14(20(15)21)10-4-2-1-3-5-10/h1-8,19H,9,18H2. The van der Waals surface area contributed by atoms with Crippen molar-refractivity contribution in [2.75, 3.05) is 11.2 Å². The van der Waals surface area contributed by atoms with Gasteiger partial charge < -0.3 is 10.5 Å². The van der Waals surface area contributed by atoms with E-state index in [1.165, 1.54) is 0 Å². The Morgan fingerprint density at radius 2 is 1.90 bits per heavy atom. The van der Waals surface area contributed by atoms with Crippen LogP contribution in [0.1, 0.15) is 11.1 Å². The summed E-state index contributed by atoms with van der Waals surface area (Å²) in [5.74, 6) is -1.46. The van der Waals surface area contributed by atoms with E-state index >= 15 is 0 Å². The number of hydrogen-bond acceptors (Lipinski definition) is 3. The van der Waals surface area contributed by atoms with Gasteiger partial charge in [0.05, 0.1) is 11.3 Å². The maximum atomic E-state index is 12.7. The van der Waals surface area contributed by atoms with Crippen LogP contribution in [0, 0.1) is 5.21 Å². The first kappa shape index (κ1) is 14.2. The van der Waals surface area contributed by atoms with Crippen molar-refractivity contribution < 1.29 is 4.74 Å². The molecule has 1 heterocycles. The summed E-state index contributed by atoms with van der Waals surface area (Å²) < 4.78 is 0.716. The molecule has 0 saturated heterocycles. The minimum Gasteiger partial charge on any atom is -0.621 e. The fourth-order valence-electron chi connectivity index (χ4n) is 2.37. The van der Waals surface area contributed by atoms with Gasteiger partial charge >= 0.3 is 5.79 Å². The fourth-order valence-corrected chi connectivity index (χ4v) is 2.72. The zero-order valence-corrected chi connectivity index (χ0v) is 12.5. The molecule has 4 nitrogen and oxygen atoms in total. The van der Waals surface area contributed by atoms with Crippen LogP contribution in [-0.4, -0.2) is 22.1 Å². The highest BCUT2D eigenvalue weighted by molar-refractivity contribution is 6.31. The lowest BCUT2D eigenvalue weighted by molar-refractivity contribution is -0.534. The number of nitrogens with zero attached hydrogens (tertiary/aromatic N) is 1. The molecule has 1 aliphatic rings. The third-order valence-corrected chi connectivity index (χ3v) is 4.05.